The average molecular weight is 321 g/mol. The lowest BCUT2D eigenvalue weighted by molar-refractivity contribution is -0.102. The highest BCUT2D eigenvalue weighted by Gasteiger charge is 2.45. The lowest BCUT2D eigenvalue weighted by atomic mass is 9.65. The van der Waals surface area contributed by atoms with Crippen LogP contribution in [0.5, 0.6) is 5.75 Å². The van der Waals surface area contributed by atoms with Gasteiger partial charge in [-0.3, -0.25) is 0 Å². The second-order valence-electron chi connectivity index (χ2n) is 6.99. The number of ether oxygens (including phenoxy) is 2. The van der Waals surface area contributed by atoms with Crippen LogP contribution in [-0.2, 0) is 10.3 Å². The maximum atomic E-state index is 11.6. The van der Waals surface area contributed by atoms with Crippen LogP contribution in [0.1, 0.15) is 31.7 Å². The Morgan fingerprint density at radius 2 is 2.04 bits per heavy atom. The van der Waals surface area contributed by atoms with Gasteiger partial charge in [-0.25, -0.2) is 0 Å². The van der Waals surface area contributed by atoms with E-state index in [0.29, 0.717) is 13.2 Å². The van der Waals surface area contributed by atoms with Crippen molar-refractivity contribution in [2.75, 3.05) is 41.0 Å². The molecule has 1 N–H and O–H groups in total. The summed E-state index contributed by atoms with van der Waals surface area (Å²) in [6.07, 6.45) is 3.31. The van der Waals surface area contributed by atoms with E-state index in [0.717, 1.165) is 30.7 Å². The van der Waals surface area contributed by atoms with Crippen LogP contribution in [0, 0.1) is 11.8 Å². The van der Waals surface area contributed by atoms with Gasteiger partial charge in [-0.05, 0) is 50.6 Å². The standard InChI is InChI=1S/C19H31NO3/c1-15-7-5-9-17(14-20(2)3)19(15,21)16-8-6-10-18(13-16)23-12-11-22-4/h6,8,10,13,15,17,21H,5,7,9,11-12,14H2,1-4H3. The third kappa shape index (κ3) is 4.25. The van der Waals surface area contributed by atoms with Gasteiger partial charge in [0.25, 0.3) is 0 Å². The molecule has 130 valence electrons. The number of hydrogen-bond acceptors (Lipinski definition) is 4. The van der Waals surface area contributed by atoms with Crippen LogP contribution < -0.4 is 4.74 Å². The van der Waals surface area contributed by atoms with Crippen LogP contribution in [-0.4, -0.2) is 51.0 Å². The second kappa shape index (κ2) is 8.13. The number of nitrogens with zero attached hydrogens (tertiary/aromatic N) is 1. The highest BCUT2D eigenvalue weighted by atomic mass is 16.5. The zero-order chi connectivity index (χ0) is 16.9. The number of rotatable bonds is 7. The molecular formula is C19H31NO3. The summed E-state index contributed by atoms with van der Waals surface area (Å²) in [5.74, 6) is 1.29. The first-order valence-corrected chi connectivity index (χ1v) is 8.57. The lowest BCUT2D eigenvalue weighted by Crippen LogP contribution is -2.47. The van der Waals surface area contributed by atoms with E-state index in [2.05, 4.69) is 25.9 Å². The molecule has 0 bridgehead atoms. The minimum absolute atomic E-state index is 0.246. The van der Waals surface area contributed by atoms with Crippen LogP contribution in [0.25, 0.3) is 0 Å². The van der Waals surface area contributed by atoms with Gasteiger partial charge in [0, 0.05) is 19.6 Å². The van der Waals surface area contributed by atoms with Gasteiger partial charge in [0.05, 0.1) is 12.2 Å². The van der Waals surface area contributed by atoms with Crippen LogP contribution in [0.15, 0.2) is 24.3 Å². The fraction of sp³-hybridized carbons (Fsp3) is 0.684. The van der Waals surface area contributed by atoms with Crippen molar-refractivity contribution in [3.63, 3.8) is 0 Å². The van der Waals surface area contributed by atoms with Crippen LogP contribution >= 0.6 is 0 Å². The van der Waals surface area contributed by atoms with E-state index >= 15 is 0 Å². The Kier molecular flexibility index (Phi) is 6.45. The Hall–Kier alpha value is -1.10. The summed E-state index contributed by atoms with van der Waals surface area (Å²) in [7, 11) is 5.81. The topological polar surface area (TPSA) is 41.9 Å². The summed E-state index contributed by atoms with van der Waals surface area (Å²) in [6.45, 7) is 4.15. The van der Waals surface area contributed by atoms with E-state index in [1.807, 2.05) is 24.3 Å². The van der Waals surface area contributed by atoms with Gasteiger partial charge in [-0.1, -0.05) is 25.5 Å². The van der Waals surface area contributed by atoms with Gasteiger partial charge in [-0.2, -0.15) is 0 Å². The molecule has 4 heteroatoms. The van der Waals surface area contributed by atoms with E-state index in [-0.39, 0.29) is 11.8 Å². The fourth-order valence-electron chi connectivity index (χ4n) is 3.78. The summed E-state index contributed by atoms with van der Waals surface area (Å²) >= 11 is 0. The zero-order valence-corrected chi connectivity index (χ0v) is 14.9. The molecule has 0 aliphatic heterocycles. The molecule has 1 fully saturated rings. The molecular weight excluding hydrogens is 290 g/mol. The van der Waals surface area contributed by atoms with Gasteiger partial charge in [0.15, 0.2) is 0 Å². The van der Waals surface area contributed by atoms with Crippen molar-refractivity contribution in [3.05, 3.63) is 29.8 Å². The van der Waals surface area contributed by atoms with E-state index in [1.165, 1.54) is 6.42 Å². The molecule has 2 rings (SSSR count). The highest BCUT2D eigenvalue weighted by Crippen LogP contribution is 2.46. The molecule has 0 heterocycles. The predicted molar refractivity (Wildman–Crippen MR) is 92.8 cm³/mol. The Morgan fingerprint density at radius 1 is 1.26 bits per heavy atom. The zero-order valence-electron chi connectivity index (χ0n) is 14.9. The normalized spacial score (nSPS) is 28.1. The first-order valence-electron chi connectivity index (χ1n) is 8.57. The quantitative estimate of drug-likeness (QED) is 0.784. The summed E-state index contributed by atoms with van der Waals surface area (Å²) < 4.78 is 10.8. The maximum Gasteiger partial charge on any atom is 0.119 e. The number of aliphatic hydroxyl groups is 1. The summed E-state index contributed by atoms with van der Waals surface area (Å²) in [5, 5.41) is 11.6. The average Bonchev–Trinajstić information content (AvgIpc) is 2.52. The first-order chi connectivity index (χ1) is 11.0. The molecule has 1 aliphatic carbocycles. The molecule has 1 saturated carbocycles. The van der Waals surface area contributed by atoms with E-state index < -0.39 is 5.60 Å². The van der Waals surface area contributed by atoms with Crippen molar-refractivity contribution in [2.45, 2.75) is 31.8 Å². The minimum atomic E-state index is -0.789. The van der Waals surface area contributed by atoms with E-state index in [4.69, 9.17) is 9.47 Å². The first kappa shape index (κ1) is 18.2. The van der Waals surface area contributed by atoms with Crippen molar-refractivity contribution < 1.29 is 14.6 Å². The Bertz CT molecular complexity index is 491. The van der Waals surface area contributed by atoms with Gasteiger partial charge in [-0.15, -0.1) is 0 Å². The molecule has 0 amide bonds. The summed E-state index contributed by atoms with van der Waals surface area (Å²) in [5.41, 5.74) is 0.190. The van der Waals surface area contributed by atoms with Gasteiger partial charge < -0.3 is 19.5 Å². The van der Waals surface area contributed by atoms with Crippen LogP contribution in [0.2, 0.25) is 0 Å². The molecule has 0 radical (unpaired) electrons. The summed E-state index contributed by atoms with van der Waals surface area (Å²) in [4.78, 5) is 2.17. The molecule has 1 aromatic carbocycles. The molecule has 1 aliphatic rings. The maximum absolute atomic E-state index is 11.6. The smallest absolute Gasteiger partial charge is 0.119 e. The molecule has 3 unspecified atom stereocenters. The van der Waals surface area contributed by atoms with Gasteiger partial charge in [0.1, 0.15) is 12.4 Å². The van der Waals surface area contributed by atoms with Crippen molar-refractivity contribution in [2.24, 2.45) is 11.8 Å². The van der Waals surface area contributed by atoms with Gasteiger partial charge in [0.2, 0.25) is 0 Å². The fourth-order valence-corrected chi connectivity index (χ4v) is 3.78. The highest BCUT2D eigenvalue weighted by molar-refractivity contribution is 5.34. The van der Waals surface area contributed by atoms with Crippen molar-refractivity contribution in [1.82, 2.24) is 4.90 Å². The van der Waals surface area contributed by atoms with Crippen LogP contribution in [0.4, 0.5) is 0 Å². The predicted octanol–water partition coefficient (Wildman–Crippen LogP) is 2.90. The molecule has 3 atom stereocenters. The van der Waals surface area contributed by atoms with Crippen molar-refractivity contribution in [1.29, 1.82) is 0 Å². The summed E-state index contributed by atoms with van der Waals surface area (Å²) in [6, 6.07) is 7.95. The number of methoxy groups -OCH3 is 1. The third-order valence-corrected chi connectivity index (χ3v) is 5.00. The van der Waals surface area contributed by atoms with Crippen molar-refractivity contribution in [3.8, 4) is 5.75 Å². The largest absolute Gasteiger partial charge is 0.491 e. The van der Waals surface area contributed by atoms with Crippen LogP contribution in [0.3, 0.4) is 0 Å². The third-order valence-electron chi connectivity index (χ3n) is 5.00. The lowest BCUT2D eigenvalue weighted by Gasteiger charge is -2.46. The minimum Gasteiger partial charge on any atom is -0.491 e. The van der Waals surface area contributed by atoms with Gasteiger partial charge >= 0.3 is 0 Å². The SMILES string of the molecule is COCCOc1cccc(C2(O)C(C)CCCC2CN(C)C)c1. The number of hydrogen-bond donors (Lipinski definition) is 1. The molecule has 23 heavy (non-hydrogen) atoms. The molecule has 0 saturated heterocycles. The Labute approximate surface area is 140 Å². The van der Waals surface area contributed by atoms with E-state index in [1.54, 1.807) is 7.11 Å². The van der Waals surface area contributed by atoms with Crippen molar-refractivity contribution >= 4 is 0 Å². The molecule has 4 nitrogen and oxygen atoms in total. The second-order valence-corrected chi connectivity index (χ2v) is 6.99. The molecule has 0 aromatic heterocycles. The number of benzene rings is 1. The Morgan fingerprint density at radius 3 is 2.74 bits per heavy atom. The van der Waals surface area contributed by atoms with E-state index in [9.17, 15) is 5.11 Å². The molecule has 0 spiro atoms. The molecule has 1 aromatic rings. The monoisotopic (exact) mass is 321 g/mol. The Balaban J connectivity index is 2.25.